The number of esters is 1. The van der Waals surface area contributed by atoms with Crippen LogP contribution >= 0.6 is 0 Å². The second-order valence-corrected chi connectivity index (χ2v) is 7.97. The highest BCUT2D eigenvalue weighted by Gasteiger charge is 2.22. The number of nitrogens with one attached hydrogen (secondary N) is 1. The van der Waals surface area contributed by atoms with E-state index >= 15 is 0 Å². The molecule has 0 bridgehead atoms. The summed E-state index contributed by atoms with van der Waals surface area (Å²) in [5, 5.41) is 3.26. The maximum absolute atomic E-state index is 11.9. The summed E-state index contributed by atoms with van der Waals surface area (Å²) in [6.07, 6.45) is 16.7. The standard InChI is InChI=1S/C19H31NO5S/c1-2-3-4-5-6-7-11-14-19(21)25-18(16-26(22,23)24)15-20-17-12-9-8-10-13-17/h2-5,7,11,17-18,20H,6,8-10,12-16H2,1H3,(H,22,23,24)/b3-2+,5-4+,11-7-. The van der Waals surface area contributed by atoms with E-state index in [1.807, 2.05) is 37.3 Å². The lowest BCUT2D eigenvalue weighted by Gasteiger charge is -2.25. The molecule has 1 unspecified atom stereocenters. The number of carbonyl (C=O) groups is 1. The van der Waals surface area contributed by atoms with Crippen LogP contribution in [-0.2, 0) is 19.6 Å². The van der Waals surface area contributed by atoms with E-state index in [0.29, 0.717) is 12.5 Å². The molecule has 0 heterocycles. The second-order valence-electron chi connectivity index (χ2n) is 6.47. The monoisotopic (exact) mass is 385 g/mol. The topological polar surface area (TPSA) is 92.7 Å². The molecular weight excluding hydrogens is 354 g/mol. The molecule has 0 saturated heterocycles. The zero-order chi connectivity index (χ0) is 19.3. The van der Waals surface area contributed by atoms with Gasteiger partial charge >= 0.3 is 5.97 Å². The molecule has 0 aromatic carbocycles. The Hall–Kier alpha value is -1.44. The summed E-state index contributed by atoms with van der Waals surface area (Å²) in [5.74, 6) is -1.09. The molecule has 0 aliphatic heterocycles. The van der Waals surface area contributed by atoms with Crippen molar-refractivity contribution < 1.29 is 22.5 Å². The predicted molar refractivity (Wildman–Crippen MR) is 103 cm³/mol. The fourth-order valence-electron chi connectivity index (χ4n) is 2.83. The van der Waals surface area contributed by atoms with Crippen LogP contribution < -0.4 is 5.32 Å². The normalized spacial score (nSPS) is 18.1. The largest absolute Gasteiger partial charge is 0.460 e. The molecular formula is C19H31NO5S. The molecule has 7 heteroatoms. The van der Waals surface area contributed by atoms with Crippen molar-refractivity contribution in [1.82, 2.24) is 5.32 Å². The Kier molecular flexibility index (Phi) is 11.2. The lowest BCUT2D eigenvalue weighted by Crippen LogP contribution is -2.41. The van der Waals surface area contributed by atoms with Crippen molar-refractivity contribution in [3.63, 3.8) is 0 Å². The van der Waals surface area contributed by atoms with Gasteiger partial charge in [0.2, 0.25) is 0 Å². The minimum absolute atomic E-state index is 0.0723. The van der Waals surface area contributed by atoms with Gasteiger partial charge in [-0.1, -0.05) is 55.7 Å². The number of hydrogen-bond donors (Lipinski definition) is 2. The summed E-state index contributed by atoms with van der Waals surface area (Å²) in [6.45, 7) is 2.16. The smallest absolute Gasteiger partial charge is 0.309 e. The van der Waals surface area contributed by atoms with Crippen LogP contribution in [0.4, 0.5) is 0 Å². The number of allylic oxidation sites excluding steroid dienone is 5. The SMILES string of the molecule is C/C=C/C=C/C/C=C\CC(=O)OC(CNC1CCCCC1)CS(=O)(=O)O. The van der Waals surface area contributed by atoms with Gasteiger partial charge < -0.3 is 10.1 Å². The van der Waals surface area contributed by atoms with Crippen molar-refractivity contribution >= 4 is 16.1 Å². The van der Waals surface area contributed by atoms with Crippen molar-refractivity contribution in [2.45, 2.75) is 64.0 Å². The quantitative estimate of drug-likeness (QED) is 0.246. The zero-order valence-corrected chi connectivity index (χ0v) is 16.3. The Balaban J connectivity index is 2.42. The number of hydrogen-bond acceptors (Lipinski definition) is 5. The first kappa shape index (κ1) is 22.6. The minimum Gasteiger partial charge on any atom is -0.460 e. The van der Waals surface area contributed by atoms with Gasteiger partial charge in [0.1, 0.15) is 11.9 Å². The Morgan fingerprint density at radius 1 is 1.19 bits per heavy atom. The van der Waals surface area contributed by atoms with Crippen LogP contribution in [-0.4, -0.2) is 43.4 Å². The summed E-state index contributed by atoms with van der Waals surface area (Å²) in [6, 6.07) is 0.315. The molecule has 1 fully saturated rings. The molecule has 0 radical (unpaired) electrons. The van der Waals surface area contributed by atoms with Crippen molar-refractivity contribution in [1.29, 1.82) is 0 Å². The molecule has 1 atom stereocenters. The van der Waals surface area contributed by atoms with Gasteiger partial charge in [-0.25, -0.2) is 0 Å². The number of carbonyl (C=O) groups excluding carboxylic acids is 1. The molecule has 26 heavy (non-hydrogen) atoms. The fraction of sp³-hybridized carbons (Fsp3) is 0.632. The van der Waals surface area contributed by atoms with E-state index in [1.54, 1.807) is 6.08 Å². The van der Waals surface area contributed by atoms with Gasteiger partial charge in [0.25, 0.3) is 10.1 Å². The highest BCUT2D eigenvalue weighted by Crippen LogP contribution is 2.17. The minimum atomic E-state index is -4.21. The summed E-state index contributed by atoms with van der Waals surface area (Å²) in [5.41, 5.74) is 0. The van der Waals surface area contributed by atoms with E-state index in [1.165, 1.54) is 6.42 Å². The van der Waals surface area contributed by atoms with Crippen LogP contribution in [0.15, 0.2) is 36.5 Å². The van der Waals surface area contributed by atoms with Crippen LogP contribution in [0.2, 0.25) is 0 Å². The van der Waals surface area contributed by atoms with Gasteiger partial charge in [-0.2, -0.15) is 8.42 Å². The third-order valence-corrected chi connectivity index (χ3v) is 4.89. The van der Waals surface area contributed by atoms with Crippen molar-refractivity contribution in [2.75, 3.05) is 12.3 Å². The average molecular weight is 386 g/mol. The highest BCUT2D eigenvalue weighted by atomic mass is 32.2. The van der Waals surface area contributed by atoms with E-state index in [4.69, 9.17) is 9.29 Å². The second kappa shape index (κ2) is 12.8. The van der Waals surface area contributed by atoms with Gasteiger partial charge in [-0.15, -0.1) is 0 Å². The molecule has 0 amide bonds. The molecule has 0 aromatic heterocycles. The van der Waals surface area contributed by atoms with E-state index in [9.17, 15) is 13.2 Å². The van der Waals surface area contributed by atoms with Crippen LogP contribution in [0.1, 0.15) is 51.9 Å². The summed E-state index contributed by atoms with van der Waals surface area (Å²) in [7, 11) is -4.21. The average Bonchev–Trinajstić information content (AvgIpc) is 2.58. The van der Waals surface area contributed by atoms with E-state index in [-0.39, 0.29) is 13.0 Å². The maximum Gasteiger partial charge on any atom is 0.309 e. The van der Waals surface area contributed by atoms with Crippen molar-refractivity contribution in [3.05, 3.63) is 36.5 Å². The predicted octanol–water partition coefficient (Wildman–Crippen LogP) is 3.18. The molecule has 6 nitrogen and oxygen atoms in total. The van der Waals surface area contributed by atoms with Crippen LogP contribution in [0.5, 0.6) is 0 Å². The lowest BCUT2D eigenvalue weighted by molar-refractivity contribution is -0.146. The summed E-state index contributed by atoms with van der Waals surface area (Å²) in [4.78, 5) is 11.9. The Morgan fingerprint density at radius 3 is 2.58 bits per heavy atom. The van der Waals surface area contributed by atoms with Gasteiger partial charge in [0, 0.05) is 12.6 Å². The summed E-state index contributed by atoms with van der Waals surface area (Å²) < 4.78 is 36.7. The molecule has 0 aromatic rings. The van der Waals surface area contributed by atoms with Gasteiger partial charge in [0.05, 0.1) is 6.42 Å². The molecule has 1 aliphatic carbocycles. The van der Waals surface area contributed by atoms with E-state index in [0.717, 1.165) is 25.7 Å². The van der Waals surface area contributed by atoms with Crippen LogP contribution in [0, 0.1) is 0 Å². The van der Waals surface area contributed by atoms with E-state index in [2.05, 4.69) is 5.32 Å². The lowest BCUT2D eigenvalue weighted by atomic mass is 9.95. The Morgan fingerprint density at radius 2 is 1.92 bits per heavy atom. The van der Waals surface area contributed by atoms with Crippen molar-refractivity contribution in [3.8, 4) is 0 Å². The van der Waals surface area contributed by atoms with Gasteiger partial charge in [-0.3, -0.25) is 9.35 Å². The highest BCUT2D eigenvalue weighted by molar-refractivity contribution is 7.85. The first-order valence-corrected chi connectivity index (χ1v) is 10.8. The van der Waals surface area contributed by atoms with Gasteiger partial charge in [-0.05, 0) is 26.2 Å². The molecule has 0 spiro atoms. The van der Waals surface area contributed by atoms with Gasteiger partial charge in [0.15, 0.2) is 0 Å². The maximum atomic E-state index is 11.9. The number of rotatable bonds is 11. The molecule has 1 saturated carbocycles. The Labute approximate surface area is 157 Å². The molecule has 2 N–H and O–H groups in total. The number of ether oxygens (including phenoxy) is 1. The van der Waals surface area contributed by atoms with E-state index < -0.39 is 27.9 Å². The van der Waals surface area contributed by atoms with Crippen LogP contribution in [0.25, 0.3) is 0 Å². The van der Waals surface area contributed by atoms with Crippen LogP contribution in [0.3, 0.4) is 0 Å². The Bertz CT molecular complexity index is 589. The third-order valence-electron chi connectivity index (χ3n) is 4.10. The fourth-order valence-corrected chi connectivity index (χ4v) is 3.49. The first-order valence-electron chi connectivity index (χ1n) is 9.21. The summed E-state index contributed by atoms with van der Waals surface area (Å²) >= 11 is 0. The third kappa shape index (κ3) is 12.0. The molecule has 1 rings (SSSR count). The molecule has 148 valence electrons. The zero-order valence-electron chi connectivity index (χ0n) is 15.5. The molecule has 1 aliphatic rings. The first-order chi connectivity index (χ1) is 12.4. The van der Waals surface area contributed by atoms with Crippen molar-refractivity contribution in [2.24, 2.45) is 0 Å².